The molecule has 1 atom stereocenters. The number of hydrogen-bond donors (Lipinski definition) is 0. The Hall–Kier alpha value is -2.69. The van der Waals surface area contributed by atoms with Gasteiger partial charge in [0.15, 0.2) is 6.20 Å². The summed E-state index contributed by atoms with van der Waals surface area (Å²) in [6.45, 7) is 0.855. The van der Waals surface area contributed by atoms with E-state index in [0.29, 0.717) is 13.0 Å². The van der Waals surface area contributed by atoms with Gasteiger partial charge in [-0.2, -0.15) is 9.67 Å². The Morgan fingerprint density at radius 3 is 2.67 bits per heavy atom. The number of hydrogen-bond acceptors (Lipinski definition) is 7. The number of anilines is 1. The molecule has 0 aliphatic rings. The first kappa shape index (κ1) is 20.6. The maximum absolute atomic E-state index is 10.7. The van der Waals surface area contributed by atoms with Gasteiger partial charge in [-0.3, -0.25) is 15.1 Å². The first-order valence-electron chi connectivity index (χ1n) is 8.20. The normalized spacial score (nSPS) is 12.2. The molecule has 0 spiro atoms. The van der Waals surface area contributed by atoms with E-state index in [1.807, 2.05) is 29.0 Å². The summed E-state index contributed by atoms with van der Waals surface area (Å²) in [6, 6.07) is 11.8. The van der Waals surface area contributed by atoms with E-state index in [1.165, 1.54) is 12.1 Å². The third kappa shape index (κ3) is 6.85. The fraction of sp³-hybridized carbons (Fsp3) is 0.294. The number of nitro benzene ring substituents is 1. The number of aromatic nitrogens is 1. The van der Waals surface area contributed by atoms with Crippen molar-refractivity contribution in [3.63, 3.8) is 0 Å². The van der Waals surface area contributed by atoms with Gasteiger partial charge >= 0.3 is 0 Å². The number of nitro groups is 1. The van der Waals surface area contributed by atoms with Crippen LogP contribution in [0.25, 0.3) is 0 Å². The van der Waals surface area contributed by atoms with E-state index in [2.05, 4.69) is 9.28 Å². The van der Waals surface area contributed by atoms with Crippen LogP contribution in [0.5, 0.6) is 0 Å². The predicted octanol–water partition coefficient (Wildman–Crippen LogP) is 1.94. The fourth-order valence-electron chi connectivity index (χ4n) is 2.32. The van der Waals surface area contributed by atoms with Crippen molar-refractivity contribution >= 4 is 29.0 Å². The van der Waals surface area contributed by atoms with Gasteiger partial charge in [0.2, 0.25) is 5.69 Å². The number of aryl methyl sites for hydroxylation is 1. The lowest BCUT2D eigenvalue weighted by Gasteiger charge is -2.12. The highest BCUT2D eigenvalue weighted by Gasteiger charge is 2.09. The maximum Gasteiger partial charge on any atom is 0.269 e. The van der Waals surface area contributed by atoms with Crippen LogP contribution in [0.15, 0.2) is 53.8 Å². The molecule has 27 heavy (non-hydrogen) atoms. The van der Waals surface area contributed by atoms with Crippen LogP contribution in [0.4, 0.5) is 11.4 Å². The van der Waals surface area contributed by atoms with Gasteiger partial charge in [-0.25, -0.2) is 4.21 Å². The number of pyridine rings is 1. The summed E-state index contributed by atoms with van der Waals surface area (Å²) in [5, 5.41) is 16.7. The molecular weight excluding hydrogens is 372 g/mol. The van der Waals surface area contributed by atoms with Gasteiger partial charge in [-0.1, -0.05) is 0 Å². The summed E-state index contributed by atoms with van der Waals surface area (Å²) in [4.78, 5) is 10.3. The second-order valence-corrected chi connectivity index (χ2v) is 6.24. The third-order valence-corrected chi connectivity index (χ3v) is 4.11. The summed E-state index contributed by atoms with van der Waals surface area (Å²) in [5.74, 6) is 0. The Bertz CT molecular complexity index is 813. The van der Waals surface area contributed by atoms with Gasteiger partial charge in [0.05, 0.1) is 28.6 Å². The van der Waals surface area contributed by atoms with Crippen LogP contribution in [-0.2, 0) is 22.1 Å². The molecule has 9 nitrogen and oxygen atoms in total. The van der Waals surface area contributed by atoms with Crippen LogP contribution < -0.4 is 9.58 Å². The number of nitrogens with zero attached hydrogens (tertiary/aromatic N) is 4. The first-order chi connectivity index (χ1) is 13.0. The van der Waals surface area contributed by atoms with E-state index in [4.69, 9.17) is 0 Å². The Labute approximate surface area is 159 Å². The molecule has 1 aromatic heterocycles. The summed E-state index contributed by atoms with van der Waals surface area (Å²) in [7, 11) is 1.76. The molecule has 0 fully saturated rings. The van der Waals surface area contributed by atoms with E-state index < -0.39 is 16.3 Å². The molecule has 0 N–H and O–H groups in total. The van der Waals surface area contributed by atoms with Gasteiger partial charge in [-0.05, 0) is 24.6 Å². The lowest BCUT2D eigenvalue weighted by atomic mass is 10.3. The lowest BCUT2D eigenvalue weighted by molar-refractivity contribution is -0.698. The van der Waals surface area contributed by atoms with Gasteiger partial charge in [0.1, 0.15) is 12.8 Å². The van der Waals surface area contributed by atoms with Gasteiger partial charge in [-0.15, -0.1) is 0 Å². The predicted molar refractivity (Wildman–Crippen MR) is 99.8 cm³/mol. The quantitative estimate of drug-likeness (QED) is 0.153. The van der Waals surface area contributed by atoms with Crippen molar-refractivity contribution in [1.82, 2.24) is 0 Å². The SMILES string of the molecule is CN(N=Cc1cccc[n+]1CCCCOS(=O)[O-])c1ccc([N+](=O)[O-])cc1. The minimum atomic E-state index is -2.47. The highest BCUT2D eigenvalue weighted by Crippen LogP contribution is 2.18. The van der Waals surface area contributed by atoms with E-state index in [-0.39, 0.29) is 12.3 Å². The second kappa shape index (κ2) is 10.5. The first-order valence-corrected chi connectivity index (χ1v) is 9.20. The van der Waals surface area contributed by atoms with Gasteiger partial charge in [0, 0.05) is 37.7 Å². The minimum Gasteiger partial charge on any atom is -0.750 e. The van der Waals surface area contributed by atoms with Crippen molar-refractivity contribution in [2.45, 2.75) is 19.4 Å². The maximum atomic E-state index is 10.7. The number of unbranched alkanes of at least 4 members (excludes halogenated alkanes) is 1. The summed E-state index contributed by atoms with van der Waals surface area (Å²) in [5.41, 5.74) is 1.63. The molecule has 0 saturated carbocycles. The average molecular weight is 392 g/mol. The monoisotopic (exact) mass is 392 g/mol. The molecule has 0 bridgehead atoms. The lowest BCUT2D eigenvalue weighted by Crippen LogP contribution is -2.38. The summed E-state index contributed by atoms with van der Waals surface area (Å²) < 4.78 is 27.1. The molecule has 2 aromatic rings. The van der Waals surface area contributed by atoms with E-state index >= 15 is 0 Å². The molecule has 0 radical (unpaired) electrons. The van der Waals surface area contributed by atoms with Crippen LogP contribution in [0.3, 0.4) is 0 Å². The number of non-ortho nitro benzene ring substituents is 1. The molecule has 1 heterocycles. The van der Waals surface area contributed by atoms with Crippen molar-refractivity contribution in [3.05, 3.63) is 64.5 Å². The van der Waals surface area contributed by atoms with Gasteiger partial charge < -0.3 is 8.74 Å². The minimum absolute atomic E-state index is 0.0295. The average Bonchev–Trinajstić information content (AvgIpc) is 2.66. The third-order valence-electron chi connectivity index (χ3n) is 3.75. The molecule has 0 aliphatic heterocycles. The zero-order chi connectivity index (χ0) is 19.6. The van der Waals surface area contributed by atoms with Gasteiger partial charge in [0.25, 0.3) is 5.69 Å². The standard InChI is InChI=1S/C17H20N4O5S/c1-19(15-7-9-16(10-8-15)21(22)23)18-14-17-6-2-3-11-20(17)12-4-5-13-26-27(24)25/h2-3,6-11,14H,4-5,12-13H2,1H3. The molecule has 1 aromatic carbocycles. The molecule has 0 aliphatic carbocycles. The fourth-order valence-corrected chi connectivity index (χ4v) is 2.58. The molecule has 0 amide bonds. The topological polar surface area (TPSA) is 112 Å². The van der Waals surface area contributed by atoms with Crippen LogP contribution >= 0.6 is 0 Å². The van der Waals surface area contributed by atoms with E-state index in [0.717, 1.165) is 17.8 Å². The van der Waals surface area contributed by atoms with Crippen molar-refractivity contribution in [1.29, 1.82) is 0 Å². The van der Waals surface area contributed by atoms with E-state index in [1.54, 1.807) is 30.4 Å². The van der Waals surface area contributed by atoms with E-state index in [9.17, 15) is 18.9 Å². The highest BCUT2D eigenvalue weighted by molar-refractivity contribution is 7.74. The van der Waals surface area contributed by atoms with Crippen LogP contribution in [-0.4, -0.2) is 33.6 Å². The number of rotatable bonds is 10. The van der Waals surface area contributed by atoms with Crippen molar-refractivity contribution < 1.29 is 22.4 Å². The Kier molecular flexibility index (Phi) is 7.99. The summed E-state index contributed by atoms with van der Waals surface area (Å²) in [6.07, 6.45) is 4.99. The van der Waals surface area contributed by atoms with Crippen molar-refractivity contribution in [3.8, 4) is 0 Å². The largest absolute Gasteiger partial charge is 0.750 e. The zero-order valence-electron chi connectivity index (χ0n) is 14.8. The van der Waals surface area contributed by atoms with Crippen LogP contribution in [0.2, 0.25) is 0 Å². The molecule has 2 rings (SSSR count). The molecule has 0 saturated heterocycles. The Balaban J connectivity index is 1.97. The van der Waals surface area contributed by atoms with Crippen LogP contribution in [0, 0.1) is 10.1 Å². The zero-order valence-corrected chi connectivity index (χ0v) is 15.6. The summed E-state index contributed by atoms with van der Waals surface area (Å²) >= 11 is -2.47. The highest BCUT2D eigenvalue weighted by atomic mass is 32.2. The Morgan fingerprint density at radius 1 is 1.26 bits per heavy atom. The second-order valence-electron chi connectivity index (χ2n) is 5.59. The van der Waals surface area contributed by atoms with Crippen LogP contribution in [0.1, 0.15) is 18.5 Å². The molecule has 144 valence electrons. The molecule has 1 unspecified atom stereocenters. The number of hydrazone groups is 1. The smallest absolute Gasteiger partial charge is 0.269 e. The molecule has 10 heteroatoms. The Morgan fingerprint density at radius 2 is 2.00 bits per heavy atom. The van der Waals surface area contributed by atoms with Crippen molar-refractivity contribution in [2.75, 3.05) is 18.7 Å². The number of benzene rings is 1. The molecular formula is C17H20N4O5S. The van der Waals surface area contributed by atoms with Crippen molar-refractivity contribution in [2.24, 2.45) is 5.10 Å².